The Morgan fingerprint density at radius 2 is 1.79 bits per heavy atom. The van der Waals surface area contributed by atoms with Crippen molar-refractivity contribution in [3.05, 3.63) is 58.6 Å². The topological polar surface area (TPSA) is 102 Å². The Bertz CT molecular complexity index is 1300. The summed E-state index contributed by atoms with van der Waals surface area (Å²) in [6.45, 7) is 3.31. The maximum atomic E-state index is 12.8. The first kappa shape index (κ1) is 24.2. The average molecular weight is 486 g/mol. The van der Waals surface area contributed by atoms with Gasteiger partial charge in [-0.05, 0) is 55.5 Å². The normalized spacial score (nSPS) is 14.6. The van der Waals surface area contributed by atoms with Crippen LogP contribution in [0.2, 0.25) is 0 Å². The molecule has 2 aromatic carbocycles. The lowest BCUT2D eigenvalue weighted by Gasteiger charge is -2.15. The molecule has 3 aromatic rings. The van der Waals surface area contributed by atoms with Gasteiger partial charge in [-0.1, -0.05) is 31.9 Å². The van der Waals surface area contributed by atoms with Crippen LogP contribution in [0.1, 0.15) is 51.0 Å². The van der Waals surface area contributed by atoms with Gasteiger partial charge in [-0.2, -0.15) is 4.31 Å². The molecular formula is C25H31N3O5S. The SMILES string of the molecule is CCCCCc1ccc(NC(=O)CCn2c(=O)oc3cc(S(=O)(=O)N4CCCC4)ccc32)cc1. The van der Waals surface area contributed by atoms with Crippen molar-refractivity contribution in [2.45, 2.75) is 63.3 Å². The van der Waals surface area contributed by atoms with Gasteiger partial charge in [0, 0.05) is 37.8 Å². The van der Waals surface area contributed by atoms with Gasteiger partial charge in [-0.15, -0.1) is 0 Å². The molecule has 0 atom stereocenters. The lowest BCUT2D eigenvalue weighted by Crippen LogP contribution is -2.27. The van der Waals surface area contributed by atoms with E-state index >= 15 is 0 Å². The number of carbonyl (C=O) groups excluding carboxylic acids is 1. The number of oxazole rings is 1. The fourth-order valence-electron chi connectivity index (χ4n) is 4.27. The van der Waals surface area contributed by atoms with Gasteiger partial charge < -0.3 is 9.73 Å². The molecule has 1 aliphatic heterocycles. The molecule has 8 nitrogen and oxygen atoms in total. The molecule has 2 heterocycles. The second-order valence-electron chi connectivity index (χ2n) is 8.71. The molecule has 1 fully saturated rings. The molecule has 0 unspecified atom stereocenters. The summed E-state index contributed by atoms with van der Waals surface area (Å²) in [7, 11) is -3.61. The molecule has 34 heavy (non-hydrogen) atoms. The van der Waals surface area contributed by atoms with E-state index in [1.54, 1.807) is 6.07 Å². The third kappa shape index (κ3) is 5.42. The zero-order valence-corrected chi connectivity index (χ0v) is 20.3. The van der Waals surface area contributed by atoms with E-state index in [1.807, 2.05) is 24.3 Å². The Morgan fingerprint density at radius 3 is 2.50 bits per heavy atom. The quantitative estimate of drug-likeness (QED) is 0.435. The van der Waals surface area contributed by atoms with Crippen molar-refractivity contribution in [2.24, 2.45) is 0 Å². The monoisotopic (exact) mass is 485 g/mol. The van der Waals surface area contributed by atoms with Gasteiger partial charge in [0.25, 0.3) is 0 Å². The summed E-state index contributed by atoms with van der Waals surface area (Å²) in [6.07, 6.45) is 6.34. The summed E-state index contributed by atoms with van der Waals surface area (Å²) in [4.78, 5) is 24.9. The summed E-state index contributed by atoms with van der Waals surface area (Å²) in [5.74, 6) is -0.830. The van der Waals surface area contributed by atoms with Crippen molar-refractivity contribution < 1.29 is 17.6 Å². The number of amides is 1. The van der Waals surface area contributed by atoms with Crippen molar-refractivity contribution in [3.8, 4) is 0 Å². The van der Waals surface area contributed by atoms with Crippen molar-refractivity contribution in [3.63, 3.8) is 0 Å². The smallest absolute Gasteiger partial charge is 0.408 e. The number of nitrogens with zero attached hydrogens (tertiary/aromatic N) is 2. The average Bonchev–Trinajstić information content (AvgIpc) is 3.47. The lowest BCUT2D eigenvalue weighted by atomic mass is 10.1. The van der Waals surface area contributed by atoms with E-state index in [1.165, 1.54) is 39.4 Å². The molecule has 0 radical (unpaired) electrons. The van der Waals surface area contributed by atoms with E-state index in [4.69, 9.17) is 4.42 Å². The lowest BCUT2D eigenvalue weighted by molar-refractivity contribution is -0.116. The number of unbranched alkanes of at least 4 members (excludes halogenated alkanes) is 2. The number of sulfonamides is 1. The molecule has 0 spiro atoms. The number of anilines is 1. The molecule has 1 aliphatic rings. The molecular weight excluding hydrogens is 454 g/mol. The number of hydrogen-bond donors (Lipinski definition) is 1. The van der Waals surface area contributed by atoms with Crippen molar-refractivity contribution in [1.82, 2.24) is 8.87 Å². The number of hydrogen-bond acceptors (Lipinski definition) is 5. The Kier molecular flexibility index (Phi) is 7.53. The summed E-state index contributed by atoms with van der Waals surface area (Å²) in [5.41, 5.74) is 2.62. The van der Waals surface area contributed by atoms with Crippen molar-refractivity contribution in [1.29, 1.82) is 0 Å². The molecule has 1 N–H and O–H groups in total. The summed E-state index contributed by atoms with van der Waals surface area (Å²) < 4.78 is 33.7. The standard InChI is InChI=1S/C25H31N3O5S/c1-2-3-4-7-19-8-10-20(11-9-19)26-24(29)14-17-28-22-13-12-21(18-23(22)33-25(28)30)34(31,32)27-15-5-6-16-27/h8-13,18H,2-7,14-17H2,1H3,(H,26,29). The molecule has 9 heteroatoms. The number of rotatable bonds is 10. The molecule has 0 bridgehead atoms. The third-order valence-electron chi connectivity index (χ3n) is 6.21. The molecule has 1 amide bonds. The predicted octanol–water partition coefficient (Wildman–Crippen LogP) is 4.14. The molecule has 0 saturated carbocycles. The fraction of sp³-hybridized carbons (Fsp3) is 0.440. The van der Waals surface area contributed by atoms with E-state index in [9.17, 15) is 18.0 Å². The first-order valence-electron chi connectivity index (χ1n) is 11.9. The first-order valence-corrected chi connectivity index (χ1v) is 13.3. The van der Waals surface area contributed by atoms with Crippen LogP contribution in [0.5, 0.6) is 0 Å². The maximum Gasteiger partial charge on any atom is 0.419 e. The van der Waals surface area contributed by atoms with Crippen molar-refractivity contribution >= 4 is 32.7 Å². The van der Waals surface area contributed by atoms with E-state index in [2.05, 4.69) is 12.2 Å². The van der Waals surface area contributed by atoms with Gasteiger partial charge in [-0.25, -0.2) is 13.2 Å². The van der Waals surface area contributed by atoms with Crippen LogP contribution in [-0.4, -0.2) is 36.3 Å². The molecule has 0 aliphatic carbocycles. The highest BCUT2D eigenvalue weighted by atomic mass is 32.2. The zero-order chi connectivity index (χ0) is 24.1. The van der Waals surface area contributed by atoms with Crippen molar-refractivity contribution in [2.75, 3.05) is 18.4 Å². The Labute approximate surface area is 199 Å². The zero-order valence-electron chi connectivity index (χ0n) is 19.5. The minimum atomic E-state index is -3.61. The van der Waals surface area contributed by atoms with E-state index in [0.29, 0.717) is 24.3 Å². The minimum Gasteiger partial charge on any atom is -0.408 e. The van der Waals surface area contributed by atoms with E-state index in [0.717, 1.165) is 25.7 Å². The summed E-state index contributed by atoms with van der Waals surface area (Å²) in [5, 5.41) is 2.86. The van der Waals surface area contributed by atoms with E-state index < -0.39 is 15.8 Å². The Hall–Kier alpha value is -2.91. The van der Waals surface area contributed by atoms with Gasteiger partial charge in [-0.3, -0.25) is 9.36 Å². The number of nitrogens with one attached hydrogen (secondary N) is 1. The van der Waals surface area contributed by atoms with Crippen LogP contribution >= 0.6 is 0 Å². The number of carbonyl (C=O) groups is 1. The first-order chi connectivity index (χ1) is 16.4. The minimum absolute atomic E-state index is 0.0839. The predicted molar refractivity (Wildman–Crippen MR) is 131 cm³/mol. The Morgan fingerprint density at radius 1 is 1.06 bits per heavy atom. The van der Waals surface area contributed by atoms with Gasteiger partial charge >= 0.3 is 5.76 Å². The highest BCUT2D eigenvalue weighted by Crippen LogP contribution is 2.24. The second kappa shape index (κ2) is 10.6. The molecule has 182 valence electrons. The molecule has 1 saturated heterocycles. The van der Waals surface area contributed by atoms with Crippen LogP contribution in [-0.2, 0) is 27.8 Å². The fourth-order valence-corrected chi connectivity index (χ4v) is 5.80. The van der Waals surface area contributed by atoms with Crippen LogP contribution < -0.4 is 11.1 Å². The number of aryl methyl sites for hydroxylation is 2. The van der Waals surface area contributed by atoms with Crippen LogP contribution in [0.25, 0.3) is 11.1 Å². The van der Waals surface area contributed by atoms with Crippen LogP contribution in [0.3, 0.4) is 0 Å². The number of benzene rings is 2. The maximum absolute atomic E-state index is 12.8. The van der Waals surface area contributed by atoms with Gasteiger partial charge in [0.05, 0.1) is 10.4 Å². The largest absolute Gasteiger partial charge is 0.419 e. The van der Waals surface area contributed by atoms with Crippen LogP contribution in [0.15, 0.2) is 56.6 Å². The summed E-state index contributed by atoms with van der Waals surface area (Å²) in [6, 6.07) is 12.3. The van der Waals surface area contributed by atoms with Crippen LogP contribution in [0.4, 0.5) is 5.69 Å². The number of aromatic nitrogens is 1. The highest BCUT2D eigenvalue weighted by molar-refractivity contribution is 7.89. The third-order valence-corrected chi connectivity index (χ3v) is 8.11. The van der Waals surface area contributed by atoms with Crippen LogP contribution in [0, 0.1) is 0 Å². The second-order valence-corrected chi connectivity index (χ2v) is 10.7. The van der Waals surface area contributed by atoms with Gasteiger partial charge in [0.1, 0.15) is 0 Å². The molecule has 1 aromatic heterocycles. The highest BCUT2D eigenvalue weighted by Gasteiger charge is 2.28. The van der Waals surface area contributed by atoms with Gasteiger partial charge in [0.2, 0.25) is 15.9 Å². The van der Waals surface area contributed by atoms with E-state index in [-0.39, 0.29) is 29.4 Å². The molecule has 4 rings (SSSR count). The van der Waals surface area contributed by atoms with Gasteiger partial charge in [0.15, 0.2) is 5.58 Å². The number of fused-ring (bicyclic) bond motifs is 1. The Balaban J connectivity index is 1.40. The summed E-state index contributed by atoms with van der Waals surface area (Å²) >= 11 is 0.